The zero-order valence-corrected chi connectivity index (χ0v) is 12.0. The molecule has 1 unspecified atom stereocenters. The Balaban J connectivity index is 2.64. The Bertz CT molecular complexity index is 498. The van der Waals surface area contributed by atoms with E-state index in [-0.39, 0.29) is 11.8 Å². The maximum absolute atomic E-state index is 11.9. The first-order valence-corrected chi connectivity index (χ1v) is 8.36. The Hall–Kier alpha value is -0.350. The van der Waals surface area contributed by atoms with Crippen molar-refractivity contribution in [3.05, 3.63) is 10.0 Å². The van der Waals surface area contributed by atoms with Crippen molar-refractivity contribution < 1.29 is 21.6 Å². The fourth-order valence-corrected chi connectivity index (χ4v) is 4.50. The summed E-state index contributed by atoms with van der Waals surface area (Å²) >= 11 is 0.798. The minimum absolute atomic E-state index is 0.310. The predicted molar refractivity (Wildman–Crippen MR) is 65.4 cm³/mol. The Morgan fingerprint density at radius 2 is 2.00 bits per heavy atom. The largest absolute Gasteiger partial charge is 0.441 e. The Kier molecular flexibility index (Phi) is 5.01. The Labute approximate surface area is 111 Å². The summed E-state index contributed by atoms with van der Waals surface area (Å²) in [4.78, 5) is 0. The molecule has 4 nitrogen and oxygen atoms in total. The van der Waals surface area contributed by atoms with Gasteiger partial charge in [0.1, 0.15) is 15.3 Å². The standard InChI is InChI=1S/C8H11F3N2O2S3/c1-5(7-13-12-6(2)17-7)18(14,15)4-3-16-8(9,10)11/h5H,3-4H2,1-2H3. The Morgan fingerprint density at radius 3 is 2.44 bits per heavy atom. The molecular weight excluding hydrogens is 309 g/mol. The molecule has 0 aliphatic carbocycles. The van der Waals surface area contributed by atoms with E-state index in [1.165, 1.54) is 6.92 Å². The molecule has 104 valence electrons. The lowest BCUT2D eigenvalue weighted by Crippen LogP contribution is -2.17. The van der Waals surface area contributed by atoms with Gasteiger partial charge in [-0.05, 0) is 25.6 Å². The number of hydrogen-bond donors (Lipinski definition) is 0. The molecule has 1 atom stereocenters. The van der Waals surface area contributed by atoms with Gasteiger partial charge in [0.25, 0.3) is 0 Å². The van der Waals surface area contributed by atoms with Crippen LogP contribution in [0.2, 0.25) is 0 Å². The number of alkyl halides is 3. The lowest BCUT2D eigenvalue weighted by Gasteiger charge is -2.10. The fraction of sp³-hybridized carbons (Fsp3) is 0.750. The molecule has 1 heterocycles. The molecule has 0 saturated carbocycles. The van der Waals surface area contributed by atoms with Gasteiger partial charge >= 0.3 is 5.51 Å². The van der Waals surface area contributed by atoms with E-state index in [1.54, 1.807) is 6.92 Å². The second kappa shape index (κ2) is 5.74. The third-order valence-electron chi connectivity index (χ3n) is 2.06. The number of thioether (sulfide) groups is 1. The van der Waals surface area contributed by atoms with Gasteiger partial charge < -0.3 is 0 Å². The molecule has 0 radical (unpaired) electrons. The summed E-state index contributed by atoms with van der Waals surface area (Å²) in [7, 11) is -3.64. The summed E-state index contributed by atoms with van der Waals surface area (Å²) in [5, 5.41) is 7.40. The van der Waals surface area contributed by atoms with Crippen molar-refractivity contribution in [3.8, 4) is 0 Å². The van der Waals surface area contributed by atoms with Crippen molar-refractivity contribution in [1.29, 1.82) is 0 Å². The molecule has 0 amide bonds. The van der Waals surface area contributed by atoms with E-state index < -0.39 is 32.1 Å². The van der Waals surface area contributed by atoms with Crippen LogP contribution in [-0.2, 0) is 9.84 Å². The van der Waals surface area contributed by atoms with Gasteiger partial charge in [-0.1, -0.05) is 0 Å². The third-order valence-corrected chi connectivity index (χ3v) is 6.30. The molecule has 0 spiro atoms. The number of sulfone groups is 1. The number of aryl methyl sites for hydroxylation is 1. The average molecular weight is 320 g/mol. The van der Waals surface area contributed by atoms with Crippen LogP contribution in [0.3, 0.4) is 0 Å². The van der Waals surface area contributed by atoms with Gasteiger partial charge in [-0.2, -0.15) is 13.2 Å². The smallest absolute Gasteiger partial charge is 0.228 e. The van der Waals surface area contributed by atoms with Gasteiger partial charge in [0, 0.05) is 5.75 Å². The normalized spacial score (nSPS) is 14.7. The minimum Gasteiger partial charge on any atom is -0.228 e. The summed E-state index contributed by atoms with van der Waals surface area (Å²) in [6.07, 6.45) is 0. The molecule has 0 N–H and O–H groups in total. The first-order chi connectivity index (χ1) is 8.12. The van der Waals surface area contributed by atoms with Crippen LogP contribution in [0.1, 0.15) is 22.2 Å². The van der Waals surface area contributed by atoms with E-state index in [1.807, 2.05) is 0 Å². The van der Waals surface area contributed by atoms with Crippen LogP contribution >= 0.6 is 23.1 Å². The summed E-state index contributed by atoms with van der Waals surface area (Å²) in [6.45, 7) is 3.09. The summed E-state index contributed by atoms with van der Waals surface area (Å²) < 4.78 is 59.3. The van der Waals surface area contributed by atoms with Crippen LogP contribution < -0.4 is 0 Å². The lowest BCUT2D eigenvalue weighted by atomic mass is 10.5. The van der Waals surface area contributed by atoms with Gasteiger partial charge in [0.2, 0.25) is 0 Å². The van der Waals surface area contributed by atoms with Crippen molar-refractivity contribution in [2.24, 2.45) is 0 Å². The number of halogens is 3. The molecule has 1 rings (SSSR count). The number of rotatable bonds is 5. The second-order valence-electron chi connectivity index (χ2n) is 3.46. The number of aromatic nitrogens is 2. The SMILES string of the molecule is Cc1nnc(C(C)S(=O)(=O)CCSC(F)(F)F)s1. The molecule has 1 aromatic heterocycles. The zero-order chi connectivity index (χ0) is 14.0. The van der Waals surface area contributed by atoms with Crippen LogP contribution in [0, 0.1) is 6.92 Å². The lowest BCUT2D eigenvalue weighted by molar-refractivity contribution is -0.0326. The highest BCUT2D eigenvalue weighted by molar-refractivity contribution is 8.01. The summed E-state index contributed by atoms with van der Waals surface area (Å²) in [6, 6.07) is 0. The van der Waals surface area contributed by atoms with Gasteiger partial charge in [0.05, 0.1) is 5.75 Å². The van der Waals surface area contributed by atoms with Gasteiger partial charge in [0.15, 0.2) is 9.84 Å². The van der Waals surface area contributed by atoms with Crippen molar-refractivity contribution in [2.45, 2.75) is 24.6 Å². The quantitative estimate of drug-likeness (QED) is 0.834. The minimum atomic E-state index is -4.40. The molecular formula is C8H11F3N2O2S3. The first kappa shape index (κ1) is 15.7. The second-order valence-corrected chi connectivity index (χ2v) is 8.28. The maximum Gasteiger partial charge on any atom is 0.441 e. The van der Waals surface area contributed by atoms with Crippen molar-refractivity contribution >= 4 is 32.9 Å². The van der Waals surface area contributed by atoms with Crippen molar-refractivity contribution in [2.75, 3.05) is 11.5 Å². The highest BCUT2D eigenvalue weighted by Crippen LogP contribution is 2.31. The van der Waals surface area contributed by atoms with Crippen molar-refractivity contribution in [3.63, 3.8) is 0 Å². The zero-order valence-electron chi connectivity index (χ0n) is 9.56. The molecule has 1 aromatic rings. The molecule has 0 saturated heterocycles. The van der Waals surface area contributed by atoms with Crippen LogP contribution in [-0.4, -0.2) is 35.6 Å². The molecule has 0 aromatic carbocycles. The predicted octanol–water partition coefficient (Wildman–Crippen LogP) is 2.58. The molecule has 0 fully saturated rings. The van der Waals surface area contributed by atoms with Crippen LogP contribution in [0.5, 0.6) is 0 Å². The summed E-state index contributed by atoms with van der Waals surface area (Å²) in [5.41, 5.74) is -4.40. The van der Waals surface area contributed by atoms with Crippen molar-refractivity contribution in [1.82, 2.24) is 10.2 Å². The first-order valence-electron chi connectivity index (χ1n) is 4.84. The fourth-order valence-electron chi connectivity index (χ4n) is 1.08. The van der Waals surface area contributed by atoms with E-state index >= 15 is 0 Å². The molecule has 0 bridgehead atoms. The highest BCUT2D eigenvalue weighted by atomic mass is 32.2. The highest BCUT2D eigenvalue weighted by Gasteiger charge is 2.31. The number of nitrogens with zero attached hydrogens (tertiary/aromatic N) is 2. The molecule has 18 heavy (non-hydrogen) atoms. The number of hydrogen-bond acceptors (Lipinski definition) is 6. The summed E-state index contributed by atoms with van der Waals surface area (Å²) in [5.74, 6) is -1.04. The van der Waals surface area contributed by atoms with Crippen LogP contribution in [0.15, 0.2) is 0 Å². The van der Waals surface area contributed by atoms with E-state index in [0.29, 0.717) is 10.0 Å². The molecule has 0 aliphatic heterocycles. The average Bonchev–Trinajstić information content (AvgIpc) is 2.61. The Morgan fingerprint density at radius 1 is 1.39 bits per heavy atom. The van der Waals surface area contributed by atoms with E-state index in [4.69, 9.17) is 0 Å². The van der Waals surface area contributed by atoms with E-state index in [0.717, 1.165) is 11.3 Å². The van der Waals surface area contributed by atoms with Gasteiger partial charge in [-0.25, -0.2) is 8.42 Å². The monoisotopic (exact) mass is 320 g/mol. The molecule has 0 aliphatic rings. The van der Waals surface area contributed by atoms with Crippen LogP contribution in [0.25, 0.3) is 0 Å². The van der Waals surface area contributed by atoms with Crippen LogP contribution in [0.4, 0.5) is 13.2 Å². The third kappa shape index (κ3) is 4.73. The van der Waals surface area contributed by atoms with E-state index in [9.17, 15) is 21.6 Å². The topological polar surface area (TPSA) is 59.9 Å². The van der Waals surface area contributed by atoms with Gasteiger partial charge in [-0.15, -0.1) is 21.5 Å². The van der Waals surface area contributed by atoms with E-state index in [2.05, 4.69) is 10.2 Å². The maximum atomic E-state index is 11.9. The van der Waals surface area contributed by atoms with Gasteiger partial charge in [-0.3, -0.25) is 0 Å². The molecule has 10 heteroatoms.